The zero-order valence-corrected chi connectivity index (χ0v) is 11.0. The van der Waals surface area contributed by atoms with Crippen molar-refractivity contribution in [3.05, 3.63) is 54.4 Å². The van der Waals surface area contributed by atoms with E-state index in [4.69, 9.17) is 5.73 Å². The number of benzene rings is 1. The van der Waals surface area contributed by atoms with Crippen LogP contribution in [0.2, 0.25) is 0 Å². The summed E-state index contributed by atoms with van der Waals surface area (Å²) in [6.07, 6.45) is 3.75. The molecule has 0 unspecified atom stereocenters. The Labute approximate surface area is 116 Å². The molecule has 0 radical (unpaired) electrons. The van der Waals surface area contributed by atoms with Gasteiger partial charge in [-0.05, 0) is 35.0 Å². The van der Waals surface area contributed by atoms with Gasteiger partial charge in [0.15, 0.2) is 5.11 Å². The number of carbonyl (C=O) groups excluding carboxylic acids is 1. The molecule has 0 bridgehead atoms. The first kappa shape index (κ1) is 13.2. The van der Waals surface area contributed by atoms with Crippen molar-refractivity contribution < 1.29 is 4.79 Å². The molecule has 1 aromatic carbocycles. The van der Waals surface area contributed by atoms with Crippen LogP contribution in [0.3, 0.4) is 0 Å². The summed E-state index contributed by atoms with van der Waals surface area (Å²) in [4.78, 5) is 15.7. The maximum atomic E-state index is 11.6. The molecule has 3 N–H and O–H groups in total. The van der Waals surface area contributed by atoms with Gasteiger partial charge in [-0.2, -0.15) is 0 Å². The van der Waals surface area contributed by atoms with Crippen molar-refractivity contribution in [2.45, 2.75) is 6.42 Å². The molecule has 0 atom stereocenters. The number of rotatable bonds is 3. The average molecular weight is 271 g/mol. The number of aromatic nitrogens is 1. The summed E-state index contributed by atoms with van der Waals surface area (Å²) in [6, 6.07) is 11.6. The summed E-state index contributed by atoms with van der Waals surface area (Å²) < 4.78 is 0. The van der Waals surface area contributed by atoms with Crippen molar-refractivity contribution in [2.24, 2.45) is 5.73 Å². The van der Waals surface area contributed by atoms with E-state index in [9.17, 15) is 4.79 Å². The number of carbonyl (C=O) groups is 1. The minimum Gasteiger partial charge on any atom is -0.376 e. The molecule has 0 aliphatic carbocycles. The maximum Gasteiger partial charge on any atom is 0.230 e. The Bertz CT molecular complexity index is 599. The van der Waals surface area contributed by atoms with Crippen LogP contribution < -0.4 is 11.1 Å². The molecule has 0 aliphatic heterocycles. The molecule has 0 aliphatic rings. The molecule has 2 aromatic rings. The SMILES string of the molecule is NC(=S)NC(=O)Cc1cccc(-c2cccnc2)c1. The van der Waals surface area contributed by atoms with Crippen molar-refractivity contribution in [3.63, 3.8) is 0 Å². The molecule has 5 heteroatoms. The fourth-order valence-corrected chi connectivity index (χ4v) is 1.88. The van der Waals surface area contributed by atoms with Gasteiger partial charge in [0.1, 0.15) is 0 Å². The molecule has 4 nitrogen and oxygen atoms in total. The fraction of sp³-hybridized carbons (Fsp3) is 0.0714. The summed E-state index contributed by atoms with van der Waals surface area (Å²) in [7, 11) is 0. The Kier molecular flexibility index (Phi) is 4.20. The van der Waals surface area contributed by atoms with Crippen LogP contribution in [0.5, 0.6) is 0 Å². The summed E-state index contributed by atoms with van der Waals surface area (Å²) in [5.74, 6) is -0.212. The predicted molar refractivity (Wildman–Crippen MR) is 78.3 cm³/mol. The highest BCUT2D eigenvalue weighted by atomic mass is 32.1. The highest BCUT2D eigenvalue weighted by Crippen LogP contribution is 2.19. The number of nitrogens with one attached hydrogen (secondary N) is 1. The van der Waals surface area contributed by atoms with Gasteiger partial charge in [0.2, 0.25) is 5.91 Å². The van der Waals surface area contributed by atoms with E-state index < -0.39 is 0 Å². The quantitative estimate of drug-likeness (QED) is 0.833. The van der Waals surface area contributed by atoms with Crippen LogP contribution in [0.25, 0.3) is 11.1 Å². The zero-order chi connectivity index (χ0) is 13.7. The topological polar surface area (TPSA) is 68.0 Å². The molecule has 0 spiro atoms. The molecule has 1 amide bonds. The van der Waals surface area contributed by atoms with Gasteiger partial charge in [-0.3, -0.25) is 9.78 Å². The second-order valence-corrected chi connectivity index (χ2v) is 4.47. The summed E-state index contributed by atoms with van der Waals surface area (Å²) in [6.45, 7) is 0. The third kappa shape index (κ3) is 3.86. The zero-order valence-electron chi connectivity index (χ0n) is 10.2. The first-order chi connectivity index (χ1) is 9.15. The van der Waals surface area contributed by atoms with Gasteiger partial charge < -0.3 is 11.1 Å². The summed E-state index contributed by atoms with van der Waals surface area (Å²) >= 11 is 4.63. The standard InChI is InChI=1S/C14H13N3OS/c15-14(19)17-13(18)8-10-3-1-4-11(7-10)12-5-2-6-16-9-12/h1-7,9H,8H2,(H3,15,17,18,19). The van der Waals surface area contributed by atoms with Crippen LogP contribution in [0, 0.1) is 0 Å². The molecule has 19 heavy (non-hydrogen) atoms. The minimum atomic E-state index is -0.212. The second kappa shape index (κ2) is 6.06. The first-order valence-electron chi connectivity index (χ1n) is 5.74. The van der Waals surface area contributed by atoms with Gasteiger partial charge in [-0.25, -0.2) is 0 Å². The third-order valence-corrected chi connectivity index (χ3v) is 2.65. The molecule has 0 fully saturated rings. The van der Waals surface area contributed by atoms with E-state index >= 15 is 0 Å². The van der Waals surface area contributed by atoms with Crippen molar-refractivity contribution in [3.8, 4) is 11.1 Å². The van der Waals surface area contributed by atoms with Crippen LogP contribution in [-0.4, -0.2) is 16.0 Å². The predicted octanol–water partition coefficient (Wildman–Crippen LogP) is 1.65. The third-order valence-electron chi connectivity index (χ3n) is 2.55. The van der Waals surface area contributed by atoms with Gasteiger partial charge in [-0.1, -0.05) is 30.3 Å². The highest BCUT2D eigenvalue weighted by molar-refractivity contribution is 7.80. The maximum absolute atomic E-state index is 11.6. The molecular weight excluding hydrogens is 258 g/mol. The summed E-state index contributed by atoms with van der Waals surface area (Å²) in [5, 5.41) is 2.40. The molecule has 1 aromatic heterocycles. The number of nitrogens with zero attached hydrogens (tertiary/aromatic N) is 1. The number of thiocarbonyl (C=S) groups is 1. The van der Waals surface area contributed by atoms with Gasteiger partial charge in [0.25, 0.3) is 0 Å². The van der Waals surface area contributed by atoms with E-state index in [0.717, 1.165) is 16.7 Å². The van der Waals surface area contributed by atoms with Crippen molar-refractivity contribution >= 4 is 23.2 Å². The lowest BCUT2D eigenvalue weighted by atomic mass is 10.0. The van der Waals surface area contributed by atoms with E-state index in [1.165, 1.54) is 0 Å². The van der Waals surface area contributed by atoms with Crippen molar-refractivity contribution in [1.82, 2.24) is 10.3 Å². The fourth-order valence-electron chi connectivity index (χ4n) is 1.76. The molecule has 2 rings (SSSR count). The van der Waals surface area contributed by atoms with Crippen LogP contribution in [-0.2, 0) is 11.2 Å². The van der Waals surface area contributed by atoms with Gasteiger partial charge in [0.05, 0.1) is 6.42 Å². The lowest BCUT2D eigenvalue weighted by Crippen LogP contribution is -2.35. The lowest BCUT2D eigenvalue weighted by molar-refractivity contribution is -0.119. The van der Waals surface area contributed by atoms with Crippen molar-refractivity contribution in [1.29, 1.82) is 0 Å². The second-order valence-electron chi connectivity index (χ2n) is 4.03. The van der Waals surface area contributed by atoms with Crippen LogP contribution in [0.4, 0.5) is 0 Å². The van der Waals surface area contributed by atoms with Gasteiger partial charge >= 0.3 is 0 Å². The molecular formula is C14H13N3OS. The summed E-state index contributed by atoms with van der Waals surface area (Å²) in [5.41, 5.74) is 8.19. The smallest absolute Gasteiger partial charge is 0.230 e. The van der Waals surface area contributed by atoms with Gasteiger partial charge in [0, 0.05) is 12.4 Å². The molecule has 1 heterocycles. The van der Waals surface area contributed by atoms with E-state index in [0.29, 0.717) is 0 Å². The average Bonchev–Trinajstić information content (AvgIpc) is 2.39. The Balaban J connectivity index is 2.16. The number of hydrogen-bond donors (Lipinski definition) is 2. The molecule has 0 saturated heterocycles. The minimum absolute atomic E-state index is 0.00610. The first-order valence-corrected chi connectivity index (χ1v) is 6.14. The normalized spacial score (nSPS) is 9.89. The Morgan fingerprint density at radius 3 is 2.74 bits per heavy atom. The van der Waals surface area contributed by atoms with Gasteiger partial charge in [-0.15, -0.1) is 0 Å². The monoisotopic (exact) mass is 271 g/mol. The number of pyridine rings is 1. The Morgan fingerprint density at radius 2 is 2.05 bits per heavy atom. The van der Waals surface area contributed by atoms with Crippen LogP contribution in [0.1, 0.15) is 5.56 Å². The van der Waals surface area contributed by atoms with E-state index in [1.807, 2.05) is 36.4 Å². The number of nitrogens with two attached hydrogens (primary N) is 1. The van der Waals surface area contributed by atoms with Crippen LogP contribution in [0.15, 0.2) is 48.8 Å². The Morgan fingerprint density at radius 1 is 1.26 bits per heavy atom. The van der Waals surface area contributed by atoms with E-state index in [-0.39, 0.29) is 17.4 Å². The molecule has 0 saturated carbocycles. The van der Waals surface area contributed by atoms with E-state index in [2.05, 4.69) is 22.5 Å². The Hall–Kier alpha value is -2.27. The van der Waals surface area contributed by atoms with Crippen LogP contribution >= 0.6 is 12.2 Å². The number of amides is 1. The van der Waals surface area contributed by atoms with Crippen molar-refractivity contribution in [2.75, 3.05) is 0 Å². The van der Waals surface area contributed by atoms with E-state index in [1.54, 1.807) is 12.4 Å². The highest BCUT2D eigenvalue weighted by Gasteiger charge is 2.05. The lowest BCUT2D eigenvalue weighted by Gasteiger charge is -2.05. The largest absolute Gasteiger partial charge is 0.376 e. The molecule has 96 valence electrons. The number of hydrogen-bond acceptors (Lipinski definition) is 3.